The molecule has 1 N–H and O–H groups in total. The molecule has 0 aliphatic heterocycles. The summed E-state index contributed by atoms with van der Waals surface area (Å²) < 4.78 is 2.04. The van der Waals surface area contributed by atoms with Gasteiger partial charge in [0, 0.05) is 17.8 Å². The van der Waals surface area contributed by atoms with E-state index in [9.17, 15) is 9.90 Å². The number of imidazole rings is 1. The van der Waals surface area contributed by atoms with E-state index < -0.39 is 5.97 Å². The smallest absolute Gasteiger partial charge is 0.336 e. The first kappa shape index (κ1) is 13.3. The lowest BCUT2D eigenvalue weighted by Gasteiger charge is -2.14. The Morgan fingerprint density at radius 1 is 1.24 bits per heavy atom. The number of benzene rings is 1. The molecule has 0 radical (unpaired) electrons. The molecule has 0 unspecified atom stereocenters. The lowest BCUT2D eigenvalue weighted by atomic mass is 10.1. The van der Waals surface area contributed by atoms with Crippen LogP contribution >= 0.6 is 0 Å². The molecule has 0 bridgehead atoms. The van der Waals surface area contributed by atoms with Crippen molar-refractivity contribution in [3.63, 3.8) is 0 Å². The van der Waals surface area contributed by atoms with Gasteiger partial charge in [0.05, 0.1) is 17.3 Å². The molecule has 0 aliphatic rings. The summed E-state index contributed by atoms with van der Waals surface area (Å²) in [4.78, 5) is 20.1. The number of carbonyl (C=O) groups is 1. The van der Waals surface area contributed by atoms with Gasteiger partial charge in [-0.25, -0.2) is 9.78 Å². The SMILES string of the molecule is CC(C)n1c(-c2ccccc2C(=O)O)nc2cnccc21. The van der Waals surface area contributed by atoms with Gasteiger partial charge < -0.3 is 9.67 Å². The minimum absolute atomic E-state index is 0.161. The number of carboxylic acids is 1. The quantitative estimate of drug-likeness (QED) is 0.799. The van der Waals surface area contributed by atoms with Crippen molar-refractivity contribution in [2.45, 2.75) is 19.9 Å². The molecule has 0 saturated heterocycles. The van der Waals surface area contributed by atoms with Crippen LogP contribution in [0.15, 0.2) is 42.7 Å². The van der Waals surface area contributed by atoms with Crippen LogP contribution in [0.3, 0.4) is 0 Å². The third-order valence-corrected chi connectivity index (χ3v) is 3.41. The van der Waals surface area contributed by atoms with Crippen molar-refractivity contribution in [1.82, 2.24) is 14.5 Å². The van der Waals surface area contributed by atoms with Gasteiger partial charge in [0.1, 0.15) is 11.3 Å². The molecule has 1 aromatic carbocycles. The van der Waals surface area contributed by atoms with Gasteiger partial charge in [-0.15, -0.1) is 0 Å². The van der Waals surface area contributed by atoms with E-state index in [1.54, 1.807) is 30.6 Å². The van der Waals surface area contributed by atoms with E-state index in [-0.39, 0.29) is 11.6 Å². The molecular formula is C16H15N3O2. The molecule has 21 heavy (non-hydrogen) atoms. The molecular weight excluding hydrogens is 266 g/mol. The summed E-state index contributed by atoms with van der Waals surface area (Å²) in [6.45, 7) is 4.10. The summed E-state index contributed by atoms with van der Waals surface area (Å²) in [7, 11) is 0. The second-order valence-corrected chi connectivity index (χ2v) is 5.11. The van der Waals surface area contributed by atoms with Crippen molar-refractivity contribution in [2.75, 3.05) is 0 Å². The zero-order valence-electron chi connectivity index (χ0n) is 11.8. The minimum atomic E-state index is -0.953. The average molecular weight is 281 g/mol. The Balaban J connectivity index is 2.35. The Morgan fingerprint density at radius 3 is 2.71 bits per heavy atom. The van der Waals surface area contributed by atoms with Gasteiger partial charge in [-0.1, -0.05) is 18.2 Å². The zero-order chi connectivity index (χ0) is 15.0. The number of carboxylic acid groups (broad SMARTS) is 1. The number of rotatable bonds is 3. The fourth-order valence-corrected chi connectivity index (χ4v) is 2.53. The first-order chi connectivity index (χ1) is 10.1. The van der Waals surface area contributed by atoms with Crippen molar-refractivity contribution in [1.29, 1.82) is 0 Å². The number of pyridine rings is 1. The van der Waals surface area contributed by atoms with Gasteiger partial charge in [-0.3, -0.25) is 4.98 Å². The standard InChI is InChI=1S/C16H15N3O2/c1-10(2)19-14-7-8-17-9-13(14)18-15(19)11-5-3-4-6-12(11)16(20)21/h3-10H,1-2H3,(H,20,21). The van der Waals surface area contributed by atoms with Crippen LogP contribution in [0.5, 0.6) is 0 Å². The predicted molar refractivity (Wildman–Crippen MR) is 80.3 cm³/mol. The highest BCUT2D eigenvalue weighted by Gasteiger charge is 2.19. The Morgan fingerprint density at radius 2 is 2.00 bits per heavy atom. The highest BCUT2D eigenvalue weighted by molar-refractivity contribution is 5.96. The fraction of sp³-hybridized carbons (Fsp3) is 0.188. The Labute approximate surface area is 121 Å². The van der Waals surface area contributed by atoms with Crippen LogP contribution in [-0.4, -0.2) is 25.6 Å². The van der Waals surface area contributed by atoms with Crippen LogP contribution in [0.1, 0.15) is 30.2 Å². The van der Waals surface area contributed by atoms with Crippen molar-refractivity contribution < 1.29 is 9.90 Å². The van der Waals surface area contributed by atoms with Crippen molar-refractivity contribution in [3.05, 3.63) is 48.3 Å². The van der Waals surface area contributed by atoms with E-state index in [0.29, 0.717) is 11.4 Å². The van der Waals surface area contributed by atoms with E-state index in [2.05, 4.69) is 23.8 Å². The fourth-order valence-electron chi connectivity index (χ4n) is 2.53. The van der Waals surface area contributed by atoms with Crippen LogP contribution in [0.2, 0.25) is 0 Å². The van der Waals surface area contributed by atoms with Crippen LogP contribution in [0, 0.1) is 0 Å². The van der Waals surface area contributed by atoms with Gasteiger partial charge in [0.15, 0.2) is 0 Å². The Hall–Kier alpha value is -2.69. The summed E-state index contributed by atoms with van der Waals surface area (Å²) >= 11 is 0. The summed E-state index contributed by atoms with van der Waals surface area (Å²) in [5, 5.41) is 9.38. The maximum Gasteiger partial charge on any atom is 0.336 e. The Bertz CT molecular complexity index is 821. The number of aromatic nitrogens is 3. The molecule has 0 aliphatic carbocycles. The van der Waals surface area contributed by atoms with E-state index >= 15 is 0 Å². The predicted octanol–water partition coefficient (Wildman–Crippen LogP) is 3.38. The number of fused-ring (bicyclic) bond motifs is 1. The Kier molecular flexibility index (Phi) is 3.17. The molecule has 5 nitrogen and oxygen atoms in total. The average Bonchev–Trinajstić information content (AvgIpc) is 2.86. The third-order valence-electron chi connectivity index (χ3n) is 3.41. The molecule has 2 aromatic heterocycles. The molecule has 2 heterocycles. The summed E-state index contributed by atoms with van der Waals surface area (Å²) in [5.41, 5.74) is 2.59. The summed E-state index contributed by atoms with van der Waals surface area (Å²) in [6.07, 6.45) is 3.41. The maximum absolute atomic E-state index is 11.4. The monoisotopic (exact) mass is 281 g/mol. The molecule has 0 spiro atoms. The topological polar surface area (TPSA) is 68.0 Å². The van der Waals surface area contributed by atoms with Crippen LogP contribution in [0.25, 0.3) is 22.4 Å². The minimum Gasteiger partial charge on any atom is -0.478 e. The second kappa shape index (κ2) is 5.01. The molecule has 0 atom stereocenters. The molecule has 3 aromatic rings. The molecule has 0 amide bonds. The lowest BCUT2D eigenvalue weighted by Crippen LogP contribution is -2.06. The third kappa shape index (κ3) is 2.16. The van der Waals surface area contributed by atoms with E-state index in [4.69, 9.17) is 0 Å². The largest absolute Gasteiger partial charge is 0.478 e. The van der Waals surface area contributed by atoms with Crippen molar-refractivity contribution in [3.8, 4) is 11.4 Å². The van der Waals surface area contributed by atoms with Crippen LogP contribution < -0.4 is 0 Å². The maximum atomic E-state index is 11.4. The van der Waals surface area contributed by atoms with Crippen molar-refractivity contribution in [2.24, 2.45) is 0 Å². The zero-order valence-corrected chi connectivity index (χ0v) is 11.8. The summed E-state index contributed by atoms with van der Waals surface area (Å²) in [6, 6.07) is 8.99. The normalized spacial score (nSPS) is 11.2. The first-order valence-corrected chi connectivity index (χ1v) is 6.74. The molecule has 3 rings (SSSR count). The van der Waals surface area contributed by atoms with Gasteiger partial charge in [-0.05, 0) is 26.0 Å². The molecule has 0 saturated carbocycles. The molecule has 5 heteroatoms. The number of hydrogen-bond donors (Lipinski definition) is 1. The van der Waals surface area contributed by atoms with Gasteiger partial charge in [0.2, 0.25) is 0 Å². The summed E-state index contributed by atoms with van der Waals surface area (Å²) in [5.74, 6) is -0.294. The first-order valence-electron chi connectivity index (χ1n) is 6.74. The number of hydrogen-bond acceptors (Lipinski definition) is 3. The van der Waals surface area contributed by atoms with E-state index in [1.165, 1.54) is 0 Å². The van der Waals surface area contributed by atoms with Crippen LogP contribution in [0.4, 0.5) is 0 Å². The number of aromatic carboxylic acids is 1. The second-order valence-electron chi connectivity index (χ2n) is 5.11. The van der Waals surface area contributed by atoms with Gasteiger partial charge in [-0.2, -0.15) is 0 Å². The van der Waals surface area contributed by atoms with E-state index in [0.717, 1.165) is 11.0 Å². The van der Waals surface area contributed by atoms with E-state index in [1.807, 2.05) is 16.7 Å². The van der Waals surface area contributed by atoms with Crippen LogP contribution in [-0.2, 0) is 0 Å². The molecule has 0 fully saturated rings. The van der Waals surface area contributed by atoms with Gasteiger partial charge in [0.25, 0.3) is 0 Å². The number of nitrogens with zero attached hydrogens (tertiary/aromatic N) is 3. The lowest BCUT2D eigenvalue weighted by molar-refractivity contribution is 0.0697. The highest BCUT2D eigenvalue weighted by Crippen LogP contribution is 2.30. The molecule has 106 valence electrons. The van der Waals surface area contributed by atoms with Gasteiger partial charge >= 0.3 is 5.97 Å². The highest BCUT2D eigenvalue weighted by atomic mass is 16.4. The van der Waals surface area contributed by atoms with Crippen molar-refractivity contribution >= 4 is 17.0 Å².